The number of carbonyl (C=O) groups excluding carboxylic acids is 3. The maximum absolute atomic E-state index is 14.1. The van der Waals surface area contributed by atoms with Gasteiger partial charge < -0.3 is 16.0 Å². The van der Waals surface area contributed by atoms with Gasteiger partial charge in [-0.25, -0.2) is 17.6 Å². The first-order valence-corrected chi connectivity index (χ1v) is 21.2. The van der Waals surface area contributed by atoms with Gasteiger partial charge in [-0.2, -0.15) is 39.5 Å². The second-order valence-electron chi connectivity index (χ2n) is 17.7. The van der Waals surface area contributed by atoms with E-state index in [1.807, 2.05) is 0 Å². The topological polar surface area (TPSA) is 87.3 Å². The third kappa shape index (κ3) is 9.71. The van der Waals surface area contributed by atoms with E-state index in [0.717, 1.165) is 62.8 Å². The Labute approximate surface area is 368 Å². The molecule has 20 heteroatoms. The molecule has 0 spiro atoms. The van der Waals surface area contributed by atoms with Crippen molar-refractivity contribution < 1.29 is 71.5 Å². The van der Waals surface area contributed by atoms with Crippen LogP contribution >= 0.6 is 11.6 Å². The van der Waals surface area contributed by atoms with Crippen molar-refractivity contribution in [3.63, 3.8) is 0 Å². The number of anilines is 3. The van der Waals surface area contributed by atoms with Crippen molar-refractivity contribution in [1.29, 1.82) is 0 Å². The molecule has 3 aromatic carbocycles. The van der Waals surface area contributed by atoms with Gasteiger partial charge in [-0.15, -0.1) is 0 Å². The molecular formula is C45H41ClF13N3O3. The highest BCUT2D eigenvalue weighted by Gasteiger charge is 2.62. The van der Waals surface area contributed by atoms with Crippen LogP contribution in [0.3, 0.4) is 0 Å². The van der Waals surface area contributed by atoms with Crippen molar-refractivity contribution in [3.8, 4) is 0 Å². The van der Waals surface area contributed by atoms with Crippen LogP contribution in [0.5, 0.6) is 0 Å². The predicted molar refractivity (Wildman–Crippen MR) is 213 cm³/mol. The Bertz CT molecular complexity index is 2390. The summed E-state index contributed by atoms with van der Waals surface area (Å²) >= 11 is 5.89. The smallest absolute Gasteiger partial charge is 0.326 e. The standard InChI is InChI=1S/C15H15ClF3NO.C15H14F5NO.C15H12F5NO/c16-10-3-4-12-11(7-10)14(15(17,18)19,8-13(21)20-12)6-5-9-1-2-9;2*16-9-3-4-10-12(13(9)17)14(15(18,19)20,7-11(22)21-10)6-5-8-1-2-8/h3-4,7,9H,1-2,5-6,8H2,(H,20,21);3-4,8H,1-2,5-7H2,(H,21,22);3-6,8H,1-2,7H2,(H,21,22)/b;;6-5+. The van der Waals surface area contributed by atoms with Gasteiger partial charge in [-0.05, 0) is 104 Å². The fourth-order valence-corrected chi connectivity index (χ4v) is 9.06. The molecule has 352 valence electrons. The molecule has 3 N–H and O–H groups in total. The van der Waals surface area contributed by atoms with Crippen LogP contribution in [0.25, 0.3) is 0 Å². The molecule has 0 aromatic heterocycles. The lowest BCUT2D eigenvalue weighted by Crippen LogP contribution is -2.49. The fourth-order valence-electron chi connectivity index (χ4n) is 8.89. The lowest BCUT2D eigenvalue weighted by Gasteiger charge is -2.40. The number of alkyl halides is 9. The molecule has 3 saturated carbocycles. The largest absolute Gasteiger partial charge is 0.402 e. The van der Waals surface area contributed by atoms with Crippen molar-refractivity contribution >= 4 is 46.4 Å². The van der Waals surface area contributed by atoms with Crippen LogP contribution in [0.4, 0.5) is 74.1 Å². The molecule has 3 unspecified atom stereocenters. The van der Waals surface area contributed by atoms with Crippen LogP contribution < -0.4 is 16.0 Å². The Morgan fingerprint density at radius 2 is 1.02 bits per heavy atom. The molecule has 3 fully saturated rings. The first-order chi connectivity index (χ1) is 30.3. The summed E-state index contributed by atoms with van der Waals surface area (Å²) in [7, 11) is 0. The van der Waals surface area contributed by atoms with Gasteiger partial charge in [-0.3, -0.25) is 14.4 Å². The van der Waals surface area contributed by atoms with Gasteiger partial charge in [0.05, 0.1) is 0 Å². The minimum absolute atomic E-state index is 0.00397. The molecule has 3 amide bonds. The zero-order chi connectivity index (χ0) is 47.5. The summed E-state index contributed by atoms with van der Waals surface area (Å²) in [6.45, 7) is 0. The van der Waals surface area contributed by atoms with E-state index in [1.54, 1.807) is 0 Å². The van der Waals surface area contributed by atoms with E-state index in [0.29, 0.717) is 18.4 Å². The van der Waals surface area contributed by atoms with Gasteiger partial charge in [-0.1, -0.05) is 49.4 Å². The van der Waals surface area contributed by atoms with Gasteiger partial charge >= 0.3 is 18.5 Å². The zero-order valence-electron chi connectivity index (χ0n) is 34.1. The molecule has 0 bridgehead atoms. The van der Waals surface area contributed by atoms with Crippen molar-refractivity contribution in [2.75, 3.05) is 16.0 Å². The van der Waals surface area contributed by atoms with Crippen molar-refractivity contribution in [2.24, 2.45) is 17.8 Å². The third-order valence-corrected chi connectivity index (χ3v) is 13.3. The summed E-state index contributed by atoms with van der Waals surface area (Å²) in [5.74, 6) is -7.54. The molecule has 6 aliphatic rings. The lowest BCUT2D eigenvalue weighted by atomic mass is 9.70. The molecular weight excluding hydrogens is 913 g/mol. The number of amides is 3. The summed E-state index contributed by atoms with van der Waals surface area (Å²) in [6.07, 6.45) is -9.02. The number of rotatable bonds is 8. The van der Waals surface area contributed by atoms with Crippen molar-refractivity contribution in [1.82, 2.24) is 0 Å². The van der Waals surface area contributed by atoms with E-state index in [9.17, 15) is 71.5 Å². The fraction of sp³-hybridized carbons (Fsp3) is 0.489. The second kappa shape index (κ2) is 17.4. The summed E-state index contributed by atoms with van der Waals surface area (Å²) in [5.41, 5.74) is -9.52. The number of hydrogen-bond acceptors (Lipinski definition) is 3. The van der Waals surface area contributed by atoms with Crippen molar-refractivity contribution in [2.45, 2.75) is 118 Å². The van der Waals surface area contributed by atoms with E-state index in [-0.39, 0.29) is 52.3 Å². The molecule has 3 aromatic rings. The lowest BCUT2D eigenvalue weighted by molar-refractivity contribution is -0.198. The van der Waals surface area contributed by atoms with Crippen LogP contribution in [-0.2, 0) is 30.6 Å². The van der Waals surface area contributed by atoms with Crippen LogP contribution in [0.2, 0.25) is 5.02 Å². The highest BCUT2D eigenvalue weighted by Crippen LogP contribution is 2.56. The molecule has 6 nitrogen and oxygen atoms in total. The van der Waals surface area contributed by atoms with Gasteiger partial charge in [0.25, 0.3) is 0 Å². The van der Waals surface area contributed by atoms with Crippen LogP contribution in [0.15, 0.2) is 54.6 Å². The molecule has 0 saturated heterocycles. The van der Waals surface area contributed by atoms with Gasteiger partial charge in [0.15, 0.2) is 23.3 Å². The Balaban J connectivity index is 0.000000145. The first-order valence-electron chi connectivity index (χ1n) is 20.9. The van der Waals surface area contributed by atoms with Crippen LogP contribution in [-0.4, -0.2) is 36.3 Å². The maximum Gasteiger partial charge on any atom is 0.402 e. The van der Waals surface area contributed by atoms with E-state index >= 15 is 0 Å². The summed E-state index contributed by atoms with van der Waals surface area (Å²) in [5, 5.41) is 7.17. The average molecular weight is 954 g/mol. The highest BCUT2D eigenvalue weighted by molar-refractivity contribution is 6.30. The normalized spacial score (nSPS) is 25.2. The minimum atomic E-state index is -4.92. The molecule has 65 heavy (non-hydrogen) atoms. The molecule has 3 atom stereocenters. The molecule has 0 radical (unpaired) electrons. The summed E-state index contributed by atoms with van der Waals surface area (Å²) < 4.78 is 179. The molecule has 3 aliphatic carbocycles. The number of fused-ring (bicyclic) bond motifs is 3. The Kier molecular flexibility index (Phi) is 12.9. The van der Waals surface area contributed by atoms with Crippen LogP contribution in [0, 0.1) is 41.0 Å². The van der Waals surface area contributed by atoms with Crippen molar-refractivity contribution in [3.05, 3.63) is 99.6 Å². The number of nitrogens with one attached hydrogen (secondary N) is 3. The highest BCUT2D eigenvalue weighted by atomic mass is 35.5. The number of carbonyl (C=O) groups is 3. The monoisotopic (exact) mass is 953 g/mol. The van der Waals surface area contributed by atoms with E-state index in [4.69, 9.17) is 11.6 Å². The zero-order valence-corrected chi connectivity index (χ0v) is 34.9. The van der Waals surface area contributed by atoms with Gasteiger partial charge in [0, 0.05) is 52.5 Å². The first kappa shape index (κ1) is 48.1. The second-order valence-corrected chi connectivity index (χ2v) is 18.2. The van der Waals surface area contributed by atoms with Gasteiger partial charge in [0.2, 0.25) is 17.7 Å². The molecule has 9 rings (SSSR count). The molecule has 3 heterocycles. The van der Waals surface area contributed by atoms with E-state index < -0.39 is 113 Å². The number of halogens is 14. The molecule has 3 aliphatic heterocycles. The predicted octanol–water partition coefficient (Wildman–Crippen LogP) is 13.0. The summed E-state index contributed by atoms with van der Waals surface area (Å²) in [4.78, 5) is 35.2. The Morgan fingerprint density at radius 1 is 0.569 bits per heavy atom. The number of hydrogen-bond donors (Lipinski definition) is 3. The third-order valence-electron chi connectivity index (χ3n) is 13.0. The maximum atomic E-state index is 14.1. The van der Waals surface area contributed by atoms with E-state index in [2.05, 4.69) is 16.0 Å². The number of allylic oxidation sites excluding steroid dienone is 2. The number of benzene rings is 3. The SMILES string of the molecule is O=C1CC(/C=C/C2CC2)(C(F)(F)F)c2c(ccc(F)c2F)N1.O=C1CC(CCC2CC2)(C(F)(F)F)c2c(ccc(F)c2F)N1.O=C1CC(CCC2CC2)(C(F)(F)F)c2cc(Cl)ccc2N1. The minimum Gasteiger partial charge on any atom is -0.326 e. The quantitative estimate of drug-likeness (QED) is 0.155. The summed E-state index contributed by atoms with van der Waals surface area (Å²) in [6, 6.07) is 7.66. The Morgan fingerprint density at radius 3 is 1.51 bits per heavy atom. The average Bonchev–Trinajstić information content (AvgIpc) is 4.04. The van der Waals surface area contributed by atoms with Crippen LogP contribution in [0.1, 0.15) is 100 Å². The van der Waals surface area contributed by atoms with E-state index in [1.165, 1.54) is 24.3 Å². The Hall–Kier alpha value is -4.81. The van der Waals surface area contributed by atoms with Gasteiger partial charge in [0.1, 0.15) is 16.2 Å².